The van der Waals surface area contributed by atoms with E-state index >= 15 is 0 Å². The van der Waals surface area contributed by atoms with Gasteiger partial charge in [-0.1, -0.05) is 11.8 Å². The number of imidazole rings is 1. The molecule has 2 aromatic heterocycles. The van der Waals surface area contributed by atoms with E-state index in [1.807, 2.05) is 0 Å². The predicted molar refractivity (Wildman–Crippen MR) is 126 cm³/mol. The number of nitrogens with zero attached hydrogens (tertiary/aromatic N) is 4. The zero-order valence-corrected chi connectivity index (χ0v) is 19.7. The first kappa shape index (κ1) is 21.3. The first-order chi connectivity index (χ1) is 15.4. The Morgan fingerprint density at radius 2 is 1.91 bits per heavy atom. The summed E-state index contributed by atoms with van der Waals surface area (Å²) in [5.41, 5.74) is 8.97. The van der Waals surface area contributed by atoms with Crippen molar-refractivity contribution in [1.29, 1.82) is 0 Å². The number of nitrogens with one attached hydrogen (secondary N) is 1. The summed E-state index contributed by atoms with van der Waals surface area (Å²) in [5.74, 6) is 2.64. The molecule has 0 amide bonds. The van der Waals surface area contributed by atoms with Gasteiger partial charge in [-0.2, -0.15) is 0 Å². The maximum absolute atomic E-state index is 6.14. The lowest BCUT2D eigenvalue weighted by Gasteiger charge is -2.21. The zero-order chi connectivity index (χ0) is 22.3. The topological polar surface area (TPSA) is 100 Å². The second-order valence-electron chi connectivity index (χ2n) is 9.42. The van der Waals surface area contributed by atoms with E-state index in [0.717, 1.165) is 46.7 Å². The highest BCUT2D eigenvalue weighted by Crippen LogP contribution is 2.49. The van der Waals surface area contributed by atoms with Crippen LogP contribution in [-0.2, 0) is 6.54 Å². The Balaban J connectivity index is 1.48. The number of anilines is 1. The zero-order valence-electron chi connectivity index (χ0n) is 18.9. The molecule has 0 atom stereocenters. The molecule has 2 aliphatic rings. The summed E-state index contributed by atoms with van der Waals surface area (Å²) in [6.07, 6.45) is 4.88. The van der Waals surface area contributed by atoms with Crippen molar-refractivity contribution in [3.8, 4) is 11.5 Å². The maximum atomic E-state index is 6.14. The predicted octanol–water partition coefficient (Wildman–Crippen LogP) is 3.99. The highest BCUT2D eigenvalue weighted by atomic mass is 32.2. The third-order valence-corrected chi connectivity index (χ3v) is 6.70. The van der Waals surface area contributed by atoms with Crippen molar-refractivity contribution in [2.24, 2.45) is 0 Å². The summed E-state index contributed by atoms with van der Waals surface area (Å²) in [7, 11) is 0. The van der Waals surface area contributed by atoms with Crippen molar-refractivity contribution in [3.63, 3.8) is 0 Å². The fourth-order valence-corrected chi connectivity index (χ4v) is 5.03. The Morgan fingerprint density at radius 3 is 2.62 bits per heavy atom. The number of nitrogens with two attached hydrogens (primary N) is 1. The van der Waals surface area contributed by atoms with Crippen LogP contribution in [0.3, 0.4) is 0 Å². The molecule has 0 spiro atoms. The smallest absolute Gasteiger partial charge is 0.175 e. The van der Waals surface area contributed by atoms with Gasteiger partial charge in [-0.25, -0.2) is 15.0 Å². The number of hydrogen-bond donors (Lipinski definition) is 2. The van der Waals surface area contributed by atoms with Crippen LogP contribution in [0.1, 0.15) is 51.5 Å². The van der Waals surface area contributed by atoms with Crippen LogP contribution >= 0.6 is 11.8 Å². The van der Waals surface area contributed by atoms with E-state index < -0.39 is 0 Å². The van der Waals surface area contributed by atoms with Gasteiger partial charge in [0.15, 0.2) is 33.6 Å². The first-order valence-corrected chi connectivity index (χ1v) is 12.0. The third-order valence-electron chi connectivity index (χ3n) is 5.63. The Kier molecular flexibility index (Phi) is 5.63. The number of hydrogen-bond acceptors (Lipinski definition) is 8. The Morgan fingerprint density at radius 1 is 1.16 bits per heavy atom. The number of aromatic nitrogens is 4. The van der Waals surface area contributed by atoms with Crippen molar-refractivity contribution >= 4 is 28.7 Å². The van der Waals surface area contributed by atoms with Gasteiger partial charge in [-0.3, -0.25) is 0 Å². The van der Waals surface area contributed by atoms with E-state index in [-0.39, 0.29) is 5.54 Å². The summed E-state index contributed by atoms with van der Waals surface area (Å²) in [6.45, 7) is 9.40. The fourth-order valence-electron chi connectivity index (χ4n) is 3.90. The van der Waals surface area contributed by atoms with E-state index in [0.29, 0.717) is 30.5 Å². The Bertz CT molecular complexity index is 1140. The van der Waals surface area contributed by atoms with Gasteiger partial charge in [-0.05, 0) is 70.2 Å². The van der Waals surface area contributed by atoms with Gasteiger partial charge in [0.05, 0.1) is 0 Å². The van der Waals surface area contributed by atoms with Crippen LogP contribution < -0.4 is 20.5 Å². The number of aryl methyl sites for hydroxylation is 1. The van der Waals surface area contributed by atoms with E-state index in [2.05, 4.69) is 52.8 Å². The quantitative estimate of drug-likeness (QED) is 0.517. The second-order valence-corrected chi connectivity index (χ2v) is 10.4. The van der Waals surface area contributed by atoms with Gasteiger partial charge in [0, 0.05) is 17.0 Å². The molecule has 1 saturated carbocycles. The molecular weight excluding hydrogens is 424 g/mol. The summed E-state index contributed by atoms with van der Waals surface area (Å²) in [5, 5.41) is 4.43. The van der Waals surface area contributed by atoms with Gasteiger partial charge in [0.1, 0.15) is 19.5 Å². The maximum Gasteiger partial charge on any atom is 0.175 e. The molecule has 1 aliphatic heterocycles. The van der Waals surface area contributed by atoms with Crippen molar-refractivity contribution < 1.29 is 9.47 Å². The Labute approximate surface area is 192 Å². The summed E-state index contributed by atoms with van der Waals surface area (Å²) in [4.78, 5) is 14.7. The fraction of sp³-hybridized carbons (Fsp3) is 0.522. The van der Waals surface area contributed by atoms with Crippen LogP contribution in [0, 0.1) is 0 Å². The highest BCUT2D eigenvalue weighted by molar-refractivity contribution is 7.99. The largest absolute Gasteiger partial charge is 0.486 e. The lowest BCUT2D eigenvalue weighted by atomic mass is 10.1. The number of benzene rings is 1. The minimum atomic E-state index is 0.0888. The normalized spacial score (nSPS) is 16.0. The van der Waals surface area contributed by atoms with E-state index in [9.17, 15) is 0 Å². The molecule has 1 aromatic carbocycles. The number of ether oxygens (including phenoxy) is 2. The lowest BCUT2D eigenvalue weighted by molar-refractivity contribution is 0.171. The first-order valence-electron chi connectivity index (χ1n) is 11.2. The summed E-state index contributed by atoms with van der Waals surface area (Å²) < 4.78 is 13.9. The van der Waals surface area contributed by atoms with Gasteiger partial charge in [0.2, 0.25) is 0 Å². The van der Waals surface area contributed by atoms with Crippen LogP contribution in [-0.4, -0.2) is 44.8 Å². The van der Waals surface area contributed by atoms with Gasteiger partial charge in [0.25, 0.3) is 0 Å². The minimum absolute atomic E-state index is 0.0888. The van der Waals surface area contributed by atoms with Gasteiger partial charge in [-0.15, -0.1) is 0 Å². The molecule has 0 unspecified atom stereocenters. The van der Waals surface area contributed by atoms with Crippen LogP contribution in [0.5, 0.6) is 11.5 Å². The molecular formula is C23H30N6O2S. The van der Waals surface area contributed by atoms with E-state index in [1.165, 1.54) is 24.7 Å². The molecule has 0 radical (unpaired) electrons. The average molecular weight is 455 g/mol. The standard InChI is InChI=1S/C23H30N6O2S/c1-23(2,3)27-7-4-8-29-21-19(20(24)25-13-26-21)28-22(29)32-18-12-17-16(30-9-10-31-17)11-15(18)14-5-6-14/h11-14,27H,4-10H2,1-3H3,(H2,24,25,26). The molecule has 1 aliphatic carbocycles. The van der Waals surface area contributed by atoms with Crippen molar-refractivity contribution in [1.82, 2.24) is 24.8 Å². The second kappa shape index (κ2) is 8.44. The van der Waals surface area contributed by atoms with Crippen LogP contribution in [0.25, 0.3) is 11.2 Å². The molecule has 170 valence electrons. The van der Waals surface area contributed by atoms with Crippen molar-refractivity contribution in [2.45, 2.75) is 68.1 Å². The monoisotopic (exact) mass is 454 g/mol. The van der Waals surface area contributed by atoms with Crippen LogP contribution in [0.15, 0.2) is 28.5 Å². The molecule has 3 heterocycles. The number of rotatable bonds is 7. The molecule has 32 heavy (non-hydrogen) atoms. The number of fused-ring (bicyclic) bond motifs is 2. The molecule has 1 fully saturated rings. The van der Waals surface area contributed by atoms with E-state index in [4.69, 9.17) is 20.2 Å². The van der Waals surface area contributed by atoms with Crippen molar-refractivity contribution in [2.75, 3.05) is 25.5 Å². The third kappa shape index (κ3) is 4.49. The van der Waals surface area contributed by atoms with Crippen molar-refractivity contribution in [3.05, 3.63) is 24.0 Å². The molecule has 5 rings (SSSR count). The SMILES string of the molecule is CC(C)(C)NCCCn1c(Sc2cc3c(cc2C2CC2)OCCO3)nc2c(N)ncnc21. The van der Waals surface area contributed by atoms with Gasteiger partial charge < -0.3 is 25.1 Å². The van der Waals surface area contributed by atoms with Crippen LogP contribution in [0.2, 0.25) is 0 Å². The van der Waals surface area contributed by atoms with Gasteiger partial charge >= 0.3 is 0 Å². The molecule has 0 saturated heterocycles. The molecule has 0 bridgehead atoms. The highest BCUT2D eigenvalue weighted by Gasteiger charge is 2.30. The lowest BCUT2D eigenvalue weighted by Crippen LogP contribution is -2.36. The average Bonchev–Trinajstić information content (AvgIpc) is 3.53. The molecule has 3 aromatic rings. The Hall–Kier alpha value is -2.52. The molecule has 3 N–H and O–H groups in total. The summed E-state index contributed by atoms with van der Waals surface area (Å²) >= 11 is 1.65. The minimum Gasteiger partial charge on any atom is -0.486 e. The molecule has 8 nitrogen and oxygen atoms in total. The van der Waals surface area contributed by atoms with Crippen LogP contribution in [0.4, 0.5) is 5.82 Å². The van der Waals surface area contributed by atoms with E-state index in [1.54, 1.807) is 11.8 Å². The molecule has 9 heteroatoms. The summed E-state index contributed by atoms with van der Waals surface area (Å²) in [6, 6.07) is 4.26. The number of nitrogen functional groups attached to an aromatic ring is 1.